The summed E-state index contributed by atoms with van der Waals surface area (Å²) in [6, 6.07) is 3.61. The van der Waals surface area contributed by atoms with E-state index in [1.165, 1.54) is 21.9 Å². The van der Waals surface area contributed by atoms with Crippen molar-refractivity contribution in [3.8, 4) is 0 Å². The predicted octanol–water partition coefficient (Wildman–Crippen LogP) is 0.0347. The molecule has 0 aliphatic carbocycles. The Morgan fingerprint density at radius 3 is 2.31 bits per heavy atom. The number of carbonyl (C=O) groups is 5. The topological polar surface area (TPSA) is 157 Å². The summed E-state index contributed by atoms with van der Waals surface area (Å²) < 4.78 is 9.79. The third-order valence-electron chi connectivity index (χ3n) is 4.98. The smallest absolute Gasteiger partial charge is 0.409 e. The second kappa shape index (κ2) is 9.41. The molecule has 1 aromatic rings. The van der Waals surface area contributed by atoms with Crippen LogP contribution < -0.4 is 0 Å². The predicted molar refractivity (Wildman–Crippen MR) is 105 cm³/mol. The number of carbonyl (C=O) groups excluding carboxylic acids is 5. The maximum Gasteiger partial charge on any atom is 0.409 e. The van der Waals surface area contributed by atoms with E-state index in [-0.39, 0.29) is 43.9 Å². The van der Waals surface area contributed by atoms with Crippen LogP contribution in [0.4, 0.5) is 10.5 Å². The number of hydrogen-bond acceptors (Lipinski definition) is 9. The average molecular weight is 448 g/mol. The van der Waals surface area contributed by atoms with Crippen molar-refractivity contribution in [2.45, 2.75) is 6.92 Å². The van der Waals surface area contributed by atoms with E-state index in [9.17, 15) is 34.1 Å². The Morgan fingerprint density at radius 2 is 1.69 bits per heavy atom. The van der Waals surface area contributed by atoms with Gasteiger partial charge in [0.15, 0.2) is 6.61 Å². The van der Waals surface area contributed by atoms with Crippen molar-refractivity contribution in [2.24, 2.45) is 0 Å². The summed E-state index contributed by atoms with van der Waals surface area (Å²) in [5.41, 5.74) is -1.09. The molecule has 2 aliphatic rings. The molecular formula is C19H20N4O9. The van der Waals surface area contributed by atoms with Gasteiger partial charge in [-0.05, 0) is 13.0 Å². The molecule has 13 nitrogen and oxygen atoms in total. The largest absolute Gasteiger partial charge is 0.454 e. The van der Waals surface area contributed by atoms with E-state index in [0.717, 1.165) is 6.07 Å². The first kappa shape index (κ1) is 22.7. The van der Waals surface area contributed by atoms with Crippen LogP contribution in [-0.2, 0) is 19.1 Å². The van der Waals surface area contributed by atoms with Crippen molar-refractivity contribution < 1.29 is 38.4 Å². The molecule has 2 heterocycles. The number of imide groups is 1. The van der Waals surface area contributed by atoms with E-state index in [1.54, 1.807) is 6.92 Å². The first-order valence-corrected chi connectivity index (χ1v) is 9.73. The number of piperazine rings is 1. The van der Waals surface area contributed by atoms with Gasteiger partial charge in [-0.2, -0.15) is 0 Å². The SMILES string of the molecule is CCOC(=O)N1CCN(C(=O)COC(=O)CN2C(=O)c3cccc([N+](=O)[O-])c3C2=O)CC1. The summed E-state index contributed by atoms with van der Waals surface area (Å²) in [6.45, 7) is 1.55. The first-order valence-electron chi connectivity index (χ1n) is 9.73. The van der Waals surface area contributed by atoms with Crippen LogP contribution in [0.5, 0.6) is 0 Å². The standard InChI is InChI=1S/C19H20N4O9/c1-2-31-19(28)21-8-6-20(7-9-21)14(24)11-32-15(25)10-22-17(26)12-4-3-5-13(23(29)30)16(12)18(22)27/h3-5H,2,6-11H2,1H3. The zero-order valence-corrected chi connectivity index (χ0v) is 17.1. The van der Waals surface area contributed by atoms with Crippen LogP contribution in [0.25, 0.3) is 0 Å². The second-order valence-corrected chi connectivity index (χ2v) is 6.88. The minimum Gasteiger partial charge on any atom is -0.454 e. The number of amides is 4. The molecule has 1 aromatic carbocycles. The molecule has 0 bridgehead atoms. The number of hydrogen-bond donors (Lipinski definition) is 0. The molecule has 170 valence electrons. The van der Waals surface area contributed by atoms with Crippen molar-refractivity contribution in [3.63, 3.8) is 0 Å². The van der Waals surface area contributed by atoms with E-state index < -0.39 is 53.5 Å². The lowest BCUT2D eigenvalue weighted by Gasteiger charge is -2.33. The Balaban J connectivity index is 1.51. The van der Waals surface area contributed by atoms with Gasteiger partial charge >= 0.3 is 12.1 Å². The van der Waals surface area contributed by atoms with Crippen molar-refractivity contribution in [1.29, 1.82) is 0 Å². The van der Waals surface area contributed by atoms with Crippen molar-refractivity contribution in [2.75, 3.05) is 45.9 Å². The lowest BCUT2D eigenvalue weighted by molar-refractivity contribution is -0.385. The van der Waals surface area contributed by atoms with Gasteiger partial charge in [-0.25, -0.2) is 4.79 Å². The van der Waals surface area contributed by atoms with Crippen LogP contribution in [0, 0.1) is 10.1 Å². The highest BCUT2D eigenvalue weighted by Gasteiger charge is 2.42. The van der Waals surface area contributed by atoms with Crippen LogP contribution in [-0.4, -0.2) is 95.3 Å². The number of nitrogens with zero attached hydrogens (tertiary/aromatic N) is 4. The molecule has 0 aromatic heterocycles. The average Bonchev–Trinajstić information content (AvgIpc) is 3.02. The monoisotopic (exact) mass is 448 g/mol. The van der Waals surface area contributed by atoms with E-state index in [1.807, 2.05) is 0 Å². The molecule has 1 saturated heterocycles. The third-order valence-corrected chi connectivity index (χ3v) is 4.98. The highest BCUT2D eigenvalue weighted by atomic mass is 16.6. The van der Waals surface area contributed by atoms with Crippen molar-refractivity contribution in [1.82, 2.24) is 14.7 Å². The first-order chi connectivity index (χ1) is 15.2. The molecule has 0 radical (unpaired) electrons. The Bertz CT molecular complexity index is 985. The van der Waals surface area contributed by atoms with Crippen LogP contribution in [0.15, 0.2) is 18.2 Å². The summed E-state index contributed by atoms with van der Waals surface area (Å²) in [4.78, 5) is 74.7. The van der Waals surface area contributed by atoms with Gasteiger partial charge in [0.25, 0.3) is 23.4 Å². The van der Waals surface area contributed by atoms with Crippen LogP contribution in [0.1, 0.15) is 27.6 Å². The zero-order chi connectivity index (χ0) is 23.4. The Kier molecular flexibility index (Phi) is 6.66. The fraction of sp³-hybridized carbons (Fsp3) is 0.421. The summed E-state index contributed by atoms with van der Waals surface area (Å²) in [6.07, 6.45) is -0.466. The molecule has 0 spiro atoms. The molecule has 0 N–H and O–H groups in total. The molecule has 0 unspecified atom stereocenters. The van der Waals surface area contributed by atoms with Crippen molar-refractivity contribution in [3.05, 3.63) is 39.4 Å². The Labute approximate surface area is 181 Å². The summed E-state index contributed by atoms with van der Waals surface area (Å²) in [5, 5.41) is 11.1. The number of ether oxygens (including phenoxy) is 2. The molecule has 13 heteroatoms. The Morgan fingerprint density at radius 1 is 1.03 bits per heavy atom. The Hall–Kier alpha value is -4.03. The summed E-state index contributed by atoms with van der Waals surface area (Å²) in [5.74, 6) is -3.34. The summed E-state index contributed by atoms with van der Waals surface area (Å²) >= 11 is 0. The van der Waals surface area contributed by atoms with E-state index >= 15 is 0 Å². The van der Waals surface area contributed by atoms with Crippen LogP contribution in [0.2, 0.25) is 0 Å². The van der Waals surface area contributed by atoms with Gasteiger partial charge in [0, 0.05) is 32.2 Å². The van der Waals surface area contributed by atoms with E-state index in [4.69, 9.17) is 9.47 Å². The third kappa shape index (κ3) is 4.50. The maximum atomic E-state index is 12.5. The number of nitro groups is 1. The van der Waals surface area contributed by atoms with E-state index in [2.05, 4.69) is 0 Å². The molecule has 3 rings (SSSR count). The number of rotatable bonds is 6. The van der Waals surface area contributed by atoms with Gasteiger partial charge in [-0.3, -0.25) is 34.2 Å². The minimum absolute atomic E-state index is 0.174. The van der Waals surface area contributed by atoms with Gasteiger partial charge in [0.1, 0.15) is 12.1 Å². The summed E-state index contributed by atoms with van der Waals surface area (Å²) in [7, 11) is 0. The number of esters is 1. The molecule has 32 heavy (non-hydrogen) atoms. The van der Waals surface area contributed by atoms with Gasteiger partial charge in [-0.15, -0.1) is 0 Å². The fourth-order valence-corrected chi connectivity index (χ4v) is 3.37. The quantitative estimate of drug-likeness (QED) is 0.253. The highest BCUT2D eigenvalue weighted by Crippen LogP contribution is 2.30. The molecule has 0 atom stereocenters. The van der Waals surface area contributed by atoms with Gasteiger partial charge in [0.2, 0.25) is 0 Å². The van der Waals surface area contributed by atoms with Crippen LogP contribution in [0.3, 0.4) is 0 Å². The lowest BCUT2D eigenvalue weighted by atomic mass is 10.1. The molecule has 0 saturated carbocycles. The number of fused-ring (bicyclic) bond motifs is 1. The van der Waals surface area contributed by atoms with E-state index in [0.29, 0.717) is 4.90 Å². The zero-order valence-electron chi connectivity index (χ0n) is 17.1. The highest BCUT2D eigenvalue weighted by molar-refractivity contribution is 6.24. The maximum absolute atomic E-state index is 12.5. The lowest BCUT2D eigenvalue weighted by Crippen LogP contribution is -2.51. The minimum atomic E-state index is -1.01. The van der Waals surface area contributed by atoms with Crippen LogP contribution >= 0.6 is 0 Å². The van der Waals surface area contributed by atoms with Gasteiger partial charge < -0.3 is 19.3 Å². The van der Waals surface area contributed by atoms with Crippen molar-refractivity contribution >= 4 is 35.5 Å². The number of nitro benzene ring substituents is 1. The van der Waals surface area contributed by atoms with Gasteiger partial charge in [-0.1, -0.05) is 6.07 Å². The van der Waals surface area contributed by atoms with Gasteiger partial charge in [0.05, 0.1) is 17.1 Å². The number of benzene rings is 1. The normalized spacial score (nSPS) is 15.5. The molecular weight excluding hydrogens is 428 g/mol. The second-order valence-electron chi connectivity index (χ2n) is 6.88. The molecule has 1 fully saturated rings. The molecule has 4 amide bonds. The molecule has 2 aliphatic heterocycles. The fourth-order valence-electron chi connectivity index (χ4n) is 3.37.